The highest BCUT2D eigenvalue weighted by Gasteiger charge is 2.44. The molecule has 0 radical (unpaired) electrons. The maximum atomic E-state index is 3.49. The minimum Gasteiger partial charge on any atom is -0.319 e. The monoisotopic (exact) mass is 243 g/mol. The van der Waals surface area contributed by atoms with E-state index in [1.807, 2.05) is 0 Å². The second kappa shape index (κ2) is 4.70. The van der Waals surface area contributed by atoms with Crippen LogP contribution in [-0.2, 0) is 11.8 Å². The van der Waals surface area contributed by atoms with E-state index in [2.05, 4.69) is 37.5 Å². The second-order valence-electron chi connectivity index (χ2n) is 6.33. The van der Waals surface area contributed by atoms with Gasteiger partial charge >= 0.3 is 0 Å². The van der Waals surface area contributed by atoms with Gasteiger partial charge in [0.2, 0.25) is 0 Å². The number of aryl methyl sites for hydroxylation is 2. The molecular weight excluding hydrogens is 218 g/mol. The molecule has 0 spiro atoms. The average molecular weight is 243 g/mol. The van der Waals surface area contributed by atoms with Gasteiger partial charge in [-0.1, -0.05) is 36.6 Å². The van der Waals surface area contributed by atoms with Crippen LogP contribution in [0, 0.1) is 12.8 Å². The number of likely N-dealkylation sites (N-methyl/N-ethyl adjacent to an activating group) is 1. The normalized spacial score (nSPS) is 30.7. The van der Waals surface area contributed by atoms with Crippen molar-refractivity contribution in [1.29, 1.82) is 0 Å². The van der Waals surface area contributed by atoms with Crippen molar-refractivity contribution >= 4 is 0 Å². The van der Waals surface area contributed by atoms with Crippen molar-refractivity contribution in [1.82, 2.24) is 5.32 Å². The Morgan fingerprint density at radius 2 is 2.17 bits per heavy atom. The van der Waals surface area contributed by atoms with Crippen molar-refractivity contribution in [2.75, 3.05) is 13.6 Å². The van der Waals surface area contributed by atoms with E-state index in [-0.39, 0.29) is 0 Å². The number of rotatable bonds is 2. The first-order valence-corrected chi connectivity index (χ1v) is 7.51. The summed E-state index contributed by atoms with van der Waals surface area (Å²) in [4.78, 5) is 0. The van der Waals surface area contributed by atoms with Crippen molar-refractivity contribution in [2.45, 2.75) is 50.9 Å². The molecule has 2 aliphatic carbocycles. The molecule has 0 aliphatic heterocycles. The molecule has 1 nitrogen and oxygen atoms in total. The third-order valence-corrected chi connectivity index (χ3v) is 5.26. The number of hydrogen-bond donors (Lipinski definition) is 1. The molecule has 2 atom stereocenters. The minimum atomic E-state index is 0.437. The fraction of sp³-hybridized carbons (Fsp3) is 0.647. The van der Waals surface area contributed by atoms with E-state index >= 15 is 0 Å². The molecule has 3 rings (SSSR count). The Morgan fingerprint density at radius 1 is 1.28 bits per heavy atom. The topological polar surface area (TPSA) is 12.0 Å². The van der Waals surface area contributed by atoms with Crippen molar-refractivity contribution in [3.05, 3.63) is 34.9 Å². The van der Waals surface area contributed by atoms with Crippen molar-refractivity contribution in [2.24, 2.45) is 5.92 Å². The van der Waals surface area contributed by atoms with Crippen LogP contribution in [0.2, 0.25) is 0 Å². The first-order valence-electron chi connectivity index (χ1n) is 7.51. The number of fused-ring (bicyclic) bond motifs is 3. The van der Waals surface area contributed by atoms with Gasteiger partial charge in [0.25, 0.3) is 0 Å². The van der Waals surface area contributed by atoms with Gasteiger partial charge in [-0.05, 0) is 56.7 Å². The van der Waals surface area contributed by atoms with Gasteiger partial charge in [0.05, 0.1) is 0 Å². The van der Waals surface area contributed by atoms with Gasteiger partial charge in [0.15, 0.2) is 0 Å². The maximum Gasteiger partial charge on any atom is 0.0109 e. The summed E-state index contributed by atoms with van der Waals surface area (Å²) in [6, 6.07) is 7.14. The van der Waals surface area contributed by atoms with E-state index in [0.29, 0.717) is 5.41 Å². The SMILES string of the molecule is CNC[C@@]12CCCCC1CCc1ccc(C)cc12. The van der Waals surface area contributed by atoms with E-state index < -0.39 is 0 Å². The van der Waals surface area contributed by atoms with Crippen molar-refractivity contribution in [3.63, 3.8) is 0 Å². The number of nitrogens with one attached hydrogen (secondary N) is 1. The molecule has 2 aliphatic rings. The highest BCUT2D eigenvalue weighted by Crippen LogP contribution is 2.49. The lowest BCUT2D eigenvalue weighted by Crippen LogP contribution is -2.48. The Balaban J connectivity index is 2.10. The molecule has 0 bridgehead atoms. The largest absolute Gasteiger partial charge is 0.319 e. The zero-order valence-corrected chi connectivity index (χ0v) is 11.8. The van der Waals surface area contributed by atoms with Crippen LogP contribution in [-0.4, -0.2) is 13.6 Å². The molecular formula is C17H25N. The zero-order chi connectivity index (χ0) is 12.6. The van der Waals surface area contributed by atoms with Crippen LogP contribution in [0.4, 0.5) is 0 Å². The lowest BCUT2D eigenvalue weighted by atomic mass is 9.57. The lowest BCUT2D eigenvalue weighted by molar-refractivity contribution is 0.157. The summed E-state index contributed by atoms with van der Waals surface area (Å²) in [7, 11) is 2.12. The molecule has 0 heterocycles. The highest BCUT2D eigenvalue weighted by atomic mass is 14.8. The Morgan fingerprint density at radius 3 is 3.00 bits per heavy atom. The fourth-order valence-corrected chi connectivity index (χ4v) is 4.43. The van der Waals surface area contributed by atoms with E-state index in [1.54, 1.807) is 11.1 Å². The summed E-state index contributed by atoms with van der Waals surface area (Å²) in [5, 5.41) is 3.49. The van der Waals surface area contributed by atoms with Crippen LogP contribution in [0.25, 0.3) is 0 Å². The van der Waals surface area contributed by atoms with Crippen LogP contribution in [0.15, 0.2) is 18.2 Å². The average Bonchev–Trinajstić information content (AvgIpc) is 2.39. The van der Waals surface area contributed by atoms with E-state index in [1.165, 1.54) is 44.1 Å². The molecule has 1 fully saturated rings. The molecule has 1 N–H and O–H groups in total. The third-order valence-electron chi connectivity index (χ3n) is 5.26. The van der Waals surface area contributed by atoms with Gasteiger partial charge in [0.1, 0.15) is 0 Å². The van der Waals surface area contributed by atoms with Crippen LogP contribution in [0.3, 0.4) is 0 Å². The second-order valence-corrected chi connectivity index (χ2v) is 6.33. The smallest absolute Gasteiger partial charge is 0.0109 e. The first-order chi connectivity index (χ1) is 8.76. The zero-order valence-electron chi connectivity index (χ0n) is 11.8. The minimum absolute atomic E-state index is 0.437. The Bertz CT molecular complexity index is 433. The molecule has 1 saturated carbocycles. The molecule has 0 amide bonds. The quantitative estimate of drug-likeness (QED) is 0.837. The van der Waals surface area contributed by atoms with Crippen LogP contribution < -0.4 is 5.32 Å². The Labute approximate surface area is 111 Å². The fourth-order valence-electron chi connectivity index (χ4n) is 4.43. The third kappa shape index (κ3) is 1.80. The van der Waals surface area contributed by atoms with Gasteiger partial charge in [-0.15, -0.1) is 0 Å². The summed E-state index contributed by atoms with van der Waals surface area (Å²) >= 11 is 0. The molecule has 1 aromatic rings. The summed E-state index contributed by atoms with van der Waals surface area (Å²) in [5.74, 6) is 0.910. The Kier molecular flexibility index (Phi) is 3.19. The van der Waals surface area contributed by atoms with Crippen LogP contribution >= 0.6 is 0 Å². The molecule has 0 saturated heterocycles. The van der Waals surface area contributed by atoms with E-state index in [9.17, 15) is 0 Å². The van der Waals surface area contributed by atoms with Crippen molar-refractivity contribution in [3.8, 4) is 0 Å². The van der Waals surface area contributed by atoms with E-state index in [0.717, 1.165) is 12.5 Å². The highest BCUT2D eigenvalue weighted by molar-refractivity contribution is 5.41. The molecule has 1 aromatic carbocycles. The molecule has 1 unspecified atom stereocenters. The first kappa shape index (κ1) is 12.2. The van der Waals surface area contributed by atoms with Gasteiger partial charge in [-0.2, -0.15) is 0 Å². The maximum absolute atomic E-state index is 3.49. The Hall–Kier alpha value is -0.820. The number of hydrogen-bond acceptors (Lipinski definition) is 1. The molecule has 18 heavy (non-hydrogen) atoms. The van der Waals surface area contributed by atoms with Gasteiger partial charge in [0, 0.05) is 12.0 Å². The molecule has 98 valence electrons. The lowest BCUT2D eigenvalue weighted by Gasteiger charge is -2.49. The number of benzene rings is 1. The predicted octanol–water partition coefficient (Wildman–Crippen LogP) is 3.59. The van der Waals surface area contributed by atoms with Crippen LogP contribution in [0.1, 0.15) is 48.8 Å². The molecule has 1 heteroatoms. The molecule has 0 aromatic heterocycles. The van der Waals surface area contributed by atoms with Crippen molar-refractivity contribution < 1.29 is 0 Å². The van der Waals surface area contributed by atoms with Gasteiger partial charge < -0.3 is 5.32 Å². The van der Waals surface area contributed by atoms with Gasteiger partial charge in [-0.25, -0.2) is 0 Å². The van der Waals surface area contributed by atoms with E-state index in [4.69, 9.17) is 0 Å². The summed E-state index contributed by atoms with van der Waals surface area (Å²) in [5.41, 5.74) is 5.16. The van der Waals surface area contributed by atoms with Crippen LogP contribution in [0.5, 0.6) is 0 Å². The predicted molar refractivity (Wildman–Crippen MR) is 77.1 cm³/mol. The van der Waals surface area contributed by atoms with Gasteiger partial charge in [-0.3, -0.25) is 0 Å². The summed E-state index contributed by atoms with van der Waals surface area (Å²) in [6.45, 7) is 3.40. The summed E-state index contributed by atoms with van der Waals surface area (Å²) < 4.78 is 0. The summed E-state index contributed by atoms with van der Waals surface area (Å²) in [6.07, 6.45) is 8.37. The standard InChI is InChI=1S/C17H25N/c1-13-6-7-14-8-9-15-5-3-4-10-17(15,12-18-2)16(14)11-13/h6-7,11,15,18H,3-5,8-10,12H2,1-2H3/t15?,17-/m0/s1.